The average Bonchev–Trinajstić information content (AvgIpc) is 3.15. The van der Waals surface area contributed by atoms with E-state index in [1.165, 1.54) is 14.2 Å². The van der Waals surface area contributed by atoms with Gasteiger partial charge < -0.3 is 34.0 Å². The average molecular weight is 705 g/mol. The van der Waals surface area contributed by atoms with Crippen LogP contribution >= 0.6 is 0 Å². The van der Waals surface area contributed by atoms with Crippen LogP contribution in [0.4, 0.5) is 4.79 Å². The molecule has 51 heavy (non-hydrogen) atoms. The van der Waals surface area contributed by atoms with Crippen molar-refractivity contribution in [2.45, 2.75) is 76.0 Å². The Morgan fingerprint density at radius 2 is 1.84 bits per heavy atom. The summed E-state index contributed by atoms with van der Waals surface area (Å²) in [5.41, 5.74) is 3.11. The predicted octanol–water partition coefficient (Wildman–Crippen LogP) is 7.03. The summed E-state index contributed by atoms with van der Waals surface area (Å²) in [6.07, 6.45) is 9.92. The number of allylic oxidation sites excluding steroid dienone is 1. The molecule has 1 fully saturated rings. The molecular weight excluding hydrogens is 652 g/mol. The first-order valence-electron chi connectivity index (χ1n) is 18.1. The molecule has 5 rings (SSSR count). The number of rotatable bonds is 18. The summed E-state index contributed by atoms with van der Waals surface area (Å²) in [5, 5.41) is 24.1. The Morgan fingerprint density at radius 3 is 2.53 bits per heavy atom. The zero-order chi connectivity index (χ0) is 36.4. The van der Waals surface area contributed by atoms with Crippen LogP contribution in [-0.2, 0) is 14.3 Å². The molecule has 2 N–H and O–H groups in total. The van der Waals surface area contributed by atoms with E-state index in [1.807, 2.05) is 31.2 Å². The number of aldehydes is 1. The highest BCUT2D eigenvalue weighted by Crippen LogP contribution is 2.62. The lowest BCUT2D eigenvalue weighted by atomic mass is 9.55. The van der Waals surface area contributed by atoms with Crippen molar-refractivity contribution in [1.82, 2.24) is 4.90 Å². The Balaban J connectivity index is 1.76. The minimum absolute atomic E-state index is 0.0762. The summed E-state index contributed by atoms with van der Waals surface area (Å²) in [7, 11) is 2.90. The molecule has 0 aromatic heterocycles. The molecule has 0 unspecified atom stereocenters. The third-order valence-electron chi connectivity index (χ3n) is 10.3. The molecule has 0 saturated heterocycles. The van der Waals surface area contributed by atoms with E-state index in [1.54, 1.807) is 29.2 Å². The maximum Gasteiger partial charge on any atom is 0.409 e. The first kappa shape index (κ1) is 38.1. The molecule has 2 aliphatic carbocycles. The second kappa shape index (κ2) is 17.8. The molecular formula is C40H52N2O9. The van der Waals surface area contributed by atoms with Crippen LogP contribution < -0.4 is 9.47 Å². The number of hydrogen-bond donors (Lipinski definition) is 2. The van der Waals surface area contributed by atoms with Crippen molar-refractivity contribution in [1.29, 1.82) is 0 Å². The third kappa shape index (κ3) is 8.00. The van der Waals surface area contributed by atoms with Gasteiger partial charge in [0.15, 0.2) is 0 Å². The van der Waals surface area contributed by atoms with Crippen molar-refractivity contribution in [3.8, 4) is 17.2 Å². The molecule has 3 aliphatic rings. The van der Waals surface area contributed by atoms with Gasteiger partial charge in [-0.1, -0.05) is 49.2 Å². The van der Waals surface area contributed by atoms with Crippen LogP contribution in [0.15, 0.2) is 71.9 Å². The van der Waals surface area contributed by atoms with Crippen molar-refractivity contribution < 1.29 is 43.6 Å². The molecule has 0 bridgehead atoms. The van der Waals surface area contributed by atoms with Crippen LogP contribution in [0.2, 0.25) is 0 Å². The number of nitrogens with zero attached hydrogens (tertiary/aromatic N) is 2. The van der Waals surface area contributed by atoms with E-state index in [0.717, 1.165) is 43.1 Å². The molecule has 1 saturated carbocycles. The molecule has 11 heteroatoms. The molecule has 276 valence electrons. The minimum Gasteiger partial charge on any atom is -0.459 e. The SMILES string of the molecule is C=CCO[C@@]12Oc3ccc(Oc4cccc(C=O)c4)cc3[C@H]3[C@H](CCCCO)[C@@H](CCCCO)C=C(C(=NOC)C[C@@H]1N(CCC)C(=O)OC)[C@H]32. The monoisotopic (exact) mass is 704 g/mol. The number of amides is 1. The summed E-state index contributed by atoms with van der Waals surface area (Å²) in [6.45, 7) is 6.74. The number of carbonyl (C=O) groups excluding carboxylic acids is 2. The van der Waals surface area contributed by atoms with E-state index in [-0.39, 0.29) is 37.6 Å². The van der Waals surface area contributed by atoms with Crippen molar-refractivity contribution >= 4 is 18.1 Å². The fourth-order valence-electron chi connectivity index (χ4n) is 8.34. The molecule has 2 aromatic rings. The molecule has 11 nitrogen and oxygen atoms in total. The van der Waals surface area contributed by atoms with Crippen LogP contribution in [0.5, 0.6) is 17.2 Å². The van der Waals surface area contributed by atoms with Gasteiger partial charge in [-0.25, -0.2) is 4.79 Å². The number of hydrogen-bond acceptors (Lipinski definition) is 10. The Kier molecular flexibility index (Phi) is 13.3. The molecule has 6 atom stereocenters. The Bertz CT molecular complexity index is 1570. The van der Waals surface area contributed by atoms with Gasteiger partial charge in [-0.2, -0.15) is 0 Å². The number of carbonyl (C=O) groups is 2. The highest BCUT2D eigenvalue weighted by atomic mass is 16.7. The number of ether oxygens (including phenoxy) is 4. The Hall–Kier alpha value is -4.19. The van der Waals surface area contributed by atoms with E-state index in [0.29, 0.717) is 60.8 Å². The lowest BCUT2D eigenvalue weighted by molar-refractivity contribution is -0.255. The van der Waals surface area contributed by atoms with Gasteiger partial charge >= 0.3 is 6.09 Å². The lowest BCUT2D eigenvalue weighted by Gasteiger charge is -2.59. The maximum atomic E-state index is 13.6. The van der Waals surface area contributed by atoms with E-state index in [4.69, 9.17) is 23.8 Å². The largest absolute Gasteiger partial charge is 0.459 e. The number of aliphatic hydroxyl groups is 2. The maximum absolute atomic E-state index is 13.6. The van der Waals surface area contributed by atoms with Gasteiger partial charge in [0, 0.05) is 43.2 Å². The summed E-state index contributed by atoms with van der Waals surface area (Å²) in [6, 6.07) is 12.1. The Morgan fingerprint density at radius 1 is 1.08 bits per heavy atom. The van der Waals surface area contributed by atoms with Crippen molar-refractivity contribution in [2.24, 2.45) is 22.9 Å². The summed E-state index contributed by atoms with van der Waals surface area (Å²) in [4.78, 5) is 32.2. The lowest BCUT2D eigenvalue weighted by Crippen LogP contribution is -2.70. The van der Waals surface area contributed by atoms with Crippen molar-refractivity contribution in [3.63, 3.8) is 0 Å². The van der Waals surface area contributed by atoms with Crippen LogP contribution in [0.1, 0.15) is 80.1 Å². The van der Waals surface area contributed by atoms with Gasteiger partial charge in [0.2, 0.25) is 5.79 Å². The number of fused-ring (bicyclic) bond motifs is 2. The van der Waals surface area contributed by atoms with E-state index >= 15 is 0 Å². The fraction of sp³-hybridized carbons (Fsp3) is 0.525. The molecule has 1 aliphatic heterocycles. The zero-order valence-corrected chi connectivity index (χ0v) is 30.0. The van der Waals surface area contributed by atoms with E-state index in [9.17, 15) is 19.8 Å². The topological polar surface area (TPSA) is 136 Å². The minimum atomic E-state index is -1.35. The zero-order valence-electron chi connectivity index (χ0n) is 30.0. The summed E-state index contributed by atoms with van der Waals surface area (Å²) in [5.74, 6) is -0.0410. The second-order valence-corrected chi connectivity index (χ2v) is 13.4. The van der Waals surface area contributed by atoms with E-state index < -0.39 is 23.8 Å². The van der Waals surface area contributed by atoms with Crippen LogP contribution in [-0.4, -0.2) is 85.6 Å². The number of benzene rings is 2. The van der Waals surface area contributed by atoms with Gasteiger partial charge in [0.05, 0.1) is 25.3 Å². The molecule has 1 amide bonds. The first-order chi connectivity index (χ1) is 24.9. The van der Waals surface area contributed by atoms with Crippen molar-refractivity contribution in [3.05, 3.63) is 77.9 Å². The van der Waals surface area contributed by atoms with Crippen molar-refractivity contribution in [2.75, 3.05) is 40.6 Å². The number of unbranched alkanes of at least 4 members (excludes halogenated alkanes) is 2. The molecule has 1 heterocycles. The van der Waals surface area contributed by atoms with E-state index in [2.05, 4.69) is 17.8 Å². The Labute approximate surface area is 300 Å². The van der Waals surface area contributed by atoms with Gasteiger partial charge in [-0.05, 0) is 79.8 Å². The number of methoxy groups -OCH3 is 1. The standard InChI is InChI=1S/C40H52N2O9/c1-5-18-42(39(46)47-3)36-25-34(41-48-4)32-23-28(13-7-9-19-43)31(15-8-10-20-44)37-33-24-30(50-29-14-11-12-27(22-29)26-45)16-17-35(33)51-40(36,38(32)37)49-21-6-2/h6,11-12,14,16-17,22-24,26,28,31,36-38,43-44H,2,5,7-10,13,15,18-21,25H2,1,3-4H3/t28-,31+,36-,37+,38+,40+/m0/s1. The van der Waals surface area contributed by atoms with Gasteiger partial charge in [-0.15, -0.1) is 6.58 Å². The van der Waals surface area contributed by atoms with Crippen LogP contribution in [0.25, 0.3) is 0 Å². The number of aliphatic hydroxyl groups excluding tert-OH is 2. The van der Waals surface area contributed by atoms with Crippen LogP contribution in [0.3, 0.4) is 0 Å². The van der Waals surface area contributed by atoms with Gasteiger partial charge in [-0.3, -0.25) is 9.69 Å². The predicted molar refractivity (Wildman–Crippen MR) is 193 cm³/mol. The third-order valence-corrected chi connectivity index (χ3v) is 10.3. The smallest absolute Gasteiger partial charge is 0.409 e. The molecule has 0 spiro atoms. The highest BCUT2D eigenvalue weighted by molar-refractivity contribution is 6.03. The second-order valence-electron chi connectivity index (χ2n) is 13.4. The summed E-state index contributed by atoms with van der Waals surface area (Å²) < 4.78 is 25.7. The molecule has 0 radical (unpaired) electrons. The highest BCUT2D eigenvalue weighted by Gasteiger charge is 2.65. The normalized spacial score (nSPS) is 25.5. The summed E-state index contributed by atoms with van der Waals surface area (Å²) >= 11 is 0. The van der Waals surface area contributed by atoms with Gasteiger partial charge in [0.25, 0.3) is 0 Å². The molecule has 2 aromatic carbocycles. The quantitative estimate of drug-likeness (QED) is 0.0725. The van der Waals surface area contributed by atoms with Crippen LogP contribution in [0, 0.1) is 17.8 Å². The fourth-order valence-corrected chi connectivity index (χ4v) is 8.34. The van der Waals surface area contributed by atoms with Gasteiger partial charge in [0.1, 0.15) is 36.7 Å². The first-order valence-corrected chi connectivity index (χ1v) is 18.1. The number of oxime groups is 1.